The van der Waals surface area contributed by atoms with Crippen LogP contribution in [-0.4, -0.2) is 12.4 Å². The summed E-state index contributed by atoms with van der Waals surface area (Å²) < 4.78 is 5.69. The quantitative estimate of drug-likeness (QED) is 0.477. The third-order valence-corrected chi connectivity index (χ3v) is 2.91. The highest BCUT2D eigenvalue weighted by atomic mass is 16.5. The molecule has 0 saturated carbocycles. The second-order valence-electron chi connectivity index (χ2n) is 5.92. The summed E-state index contributed by atoms with van der Waals surface area (Å²) in [6.07, 6.45) is 1.05. The van der Waals surface area contributed by atoms with Gasteiger partial charge in [0.05, 0.1) is 6.61 Å². The molecule has 3 nitrogen and oxygen atoms in total. The lowest BCUT2D eigenvalue weighted by Crippen LogP contribution is -2.12. The van der Waals surface area contributed by atoms with Gasteiger partial charge in [-0.1, -0.05) is 32.9 Å². The van der Waals surface area contributed by atoms with Crippen LogP contribution in [0.15, 0.2) is 18.2 Å². The summed E-state index contributed by atoms with van der Waals surface area (Å²) in [6, 6.07) is 5.80. The molecular weight excluding hydrogens is 224 g/mol. The first-order valence-electron chi connectivity index (χ1n) is 6.31. The molecule has 0 spiro atoms. The number of ether oxygens (including phenoxy) is 1. The van der Waals surface area contributed by atoms with Gasteiger partial charge < -0.3 is 10.5 Å². The van der Waals surface area contributed by atoms with E-state index in [-0.39, 0.29) is 5.84 Å². The average molecular weight is 248 g/mol. The van der Waals surface area contributed by atoms with Gasteiger partial charge in [0.1, 0.15) is 5.84 Å². The number of nitrogens with one attached hydrogen (secondary N) is 1. The van der Waals surface area contributed by atoms with Gasteiger partial charge in [0.25, 0.3) is 0 Å². The molecule has 18 heavy (non-hydrogen) atoms. The van der Waals surface area contributed by atoms with Gasteiger partial charge in [-0.05, 0) is 36.0 Å². The van der Waals surface area contributed by atoms with Crippen molar-refractivity contribution < 1.29 is 4.74 Å². The first-order valence-corrected chi connectivity index (χ1v) is 6.31. The fourth-order valence-corrected chi connectivity index (χ4v) is 1.59. The third-order valence-electron chi connectivity index (χ3n) is 2.91. The van der Waals surface area contributed by atoms with E-state index in [2.05, 4.69) is 20.8 Å². The summed E-state index contributed by atoms with van der Waals surface area (Å²) in [6.45, 7) is 10.1. The van der Waals surface area contributed by atoms with Crippen molar-refractivity contribution in [2.24, 2.45) is 11.1 Å². The van der Waals surface area contributed by atoms with E-state index in [0.29, 0.717) is 12.0 Å². The molecule has 100 valence electrons. The standard InChI is InChI=1S/C15H24N2O/c1-11-9-12(14(16)17)5-6-13(11)10-18-8-7-15(2,3)4/h5-6,9H,7-8,10H2,1-4H3,(H3,16,17). The highest BCUT2D eigenvalue weighted by molar-refractivity contribution is 5.95. The topological polar surface area (TPSA) is 59.1 Å². The molecule has 0 radical (unpaired) electrons. The number of amidine groups is 1. The van der Waals surface area contributed by atoms with Crippen molar-refractivity contribution in [3.05, 3.63) is 34.9 Å². The summed E-state index contributed by atoms with van der Waals surface area (Å²) >= 11 is 0. The normalized spacial score (nSPS) is 11.6. The second kappa shape index (κ2) is 6.01. The van der Waals surface area contributed by atoms with Crippen LogP contribution in [0.5, 0.6) is 0 Å². The predicted octanol–water partition coefficient (Wildman–Crippen LogP) is 3.23. The minimum atomic E-state index is 0.110. The van der Waals surface area contributed by atoms with Crippen LogP contribution in [-0.2, 0) is 11.3 Å². The fourth-order valence-electron chi connectivity index (χ4n) is 1.59. The molecule has 0 atom stereocenters. The van der Waals surface area contributed by atoms with Gasteiger partial charge in [-0.25, -0.2) is 0 Å². The lowest BCUT2D eigenvalue weighted by molar-refractivity contribution is 0.0959. The van der Waals surface area contributed by atoms with Crippen LogP contribution >= 0.6 is 0 Å². The van der Waals surface area contributed by atoms with E-state index in [1.807, 2.05) is 25.1 Å². The Hall–Kier alpha value is -1.35. The molecule has 0 aliphatic carbocycles. The van der Waals surface area contributed by atoms with E-state index in [4.69, 9.17) is 15.9 Å². The Morgan fingerprint density at radius 2 is 2.00 bits per heavy atom. The molecular formula is C15H24N2O. The Kier molecular flexibility index (Phi) is 4.91. The van der Waals surface area contributed by atoms with Crippen LogP contribution in [0.25, 0.3) is 0 Å². The van der Waals surface area contributed by atoms with Gasteiger partial charge >= 0.3 is 0 Å². The van der Waals surface area contributed by atoms with Crippen molar-refractivity contribution in [3.63, 3.8) is 0 Å². The third kappa shape index (κ3) is 4.88. The Bertz CT molecular complexity index is 419. The molecule has 3 heteroatoms. The van der Waals surface area contributed by atoms with Crippen molar-refractivity contribution >= 4 is 5.84 Å². The number of rotatable bonds is 5. The lowest BCUT2D eigenvalue weighted by atomic mass is 9.93. The molecule has 1 aromatic carbocycles. The van der Waals surface area contributed by atoms with E-state index >= 15 is 0 Å². The zero-order chi connectivity index (χ0) is 13.8. The van der Waals surface area contributed by atoms with Crippen LogP contribution in [0.2, 0.25) is 0 Å². The molecule has 0 aliphatic heterocycles. The first-order chi connectivity index (χ1) is 8.29. The van der Waals surface area contributed by atoms with Gasteiger partial charge in [0.15, 0.2) is 0 Å². The molecule has 1 aromatic rings. The highest BCUT2D eigenvalue weighted by Crippen LogP contribution is 2.19. The maximum absolute atomic E-state index is 7.39. The van der Waals surface area contributed by atoms with Crippen LogP contribution in [0.1, 0.15) is 43.9 Å². The van der Waals surface area contributed by atoms with Crippen molar-refractivity contribution in [3.8, 4) is 0 Å². The largest absolute Gasteiger partial charge is 0.384 e. The summed E-state index contributed by atoms with van der Waals surface area (Å²) in [7, 11) is 0. The summed E-state index contributed by atoms with van der Waals surface area (Å²) in [4.78, 5) is 0. The molecule has 0 unspecified atom stereocenters. The first kappa shape index (κ1) is 14.7. The minimum absolute atomic E-state index is 0.110. The number of nitrogen functional groups attached to an aromatic ring is 1. The maximum Gasteiger partial charge on any atom is 0.122 e. The van der Waals surface area contributed by atoms with Crippen molar-refractivity contribution in [1.29, 1.82) is 5.41 Å². The molecule has 0 heterocycles. The molecule has 0 fully saturated rings. The van der Waals surface area contributed by atoms with Crippen molar-refractivity contribution in [1.82, 2.24) is 0 Å². The number of hydrogen-bond donors (Lipinski definition) is 2. The van der Waals surface area contributed by atoms with Crippen molar-refractivity contribution in [2.45, 2.75) is 40.7 Å². The monoisotopic (exact) mass is 248 g/mol. The Morgan fingerprint density at radius 3 is 2.50 bits per heavy atom. The smallest absolute Gasteiger partial charge is 0.122 e. The minimum Gasteiger partial charge on any atom is -0.384 e. The van der Waals surface area contributed by atoms with Gasteiger partial charge in [-0.15, -0.1) is 0 Å². The van der Waals surface area contributed by atoms with Crippen LogP contribution < -0.4 is 5.73 Å². The molecule has 0 aliphatic rings. The van der Waals surface area contributed by atoms with Gasteiger partial charge in [-0.2, -0.15) is 0 Å². The lowest BCUT2D eigenvalue weighted by Gasteiger charge is -2.18. The fraction of sp³-hybridized carbons (Fsp3) is 0.533. The molecule has 0 aromatic heterocycles. The summed E-state index contributed by atoms with van der Waals surface area (Å²) in [5, 5.41) is 7.39. The van der Waals surface area contributed by atoms with E-state index < -0.39 is 0 Å². The number of nitrogens with two attached hydrogens (primary N) is 1. The van der Waals surface area contributed by atoms with Crippen molar-refractivity contribution in [2.75, 3.05) is 6.61 Å². The Balaban J connectivity index is 2.51. The number of benzene rings is 1. The molecule has 0 amide bonds. The van der Waals surface area contributed by atoms with Gasteiger partial charge in [0, 0.05) is 12.2 Å². The molecule has 0 saturated heterocycles. The molecule has 3 N–H and O–H groups in total. The number of hydrogen-bond acceptors (Lipinski definition) is 2. The predicted molar refractivity (Wildman–Crippen MR) is 75.9 cm³/mol. The highest BCUT2D eigenvalue weighted by Gasteiger charge is 2.09. The number of aryl methyl sites for hydroxylation is 1. The van der Waals surface area contributed by atoms with E-state index in [0.717, 1.165) is 29.7 Å². The van der Waals surface area contributed by atoms with Gasteiger partial charge in [-0.3, -0.25) is 5.41 Å². The average Bonchev–Trinajstić information content (AvgIpc) is 2.24. The van der Waals surface area contributed by atoms with E-state index in [1.165, 1.54) is 0 Å². The van der Waals surface area contributed by atoms with E-state index in [9.17, 15) is 0 Å². The molecule has 0 bridgehead atoms. The van der Waals surface area contributed by atoms with Crippen LogP contribution in [0.4, 0.5) is 0 Å². The Morgan fingerprint density at radius 1 is 1.33 bits per heavy atom. The zero-order valence-electron chi connectivity index (χ0n) is 11.8. The van der Waals surface area contributed by atoms with Crippen LogP contribution in [0, 0.1) is 17.7 Å². The van der Waals surface area contributed by atoms with E-state index in [1.54, 1.807) is 0 Å². The molecule has 1 rings (SSSR count). The Labute approximate surface area is 110 Å². The van der Waals surface area contributed by atoms with Gasteiger partial charge in [0.2, 0.25) is 0 Å². The maximum atomic E-state index is 7.39. The summed E-state index contributed by atoms with van der Waals surface area (Å²) in [5.41, 5.74) is 8.82. The SMILES string of the molecule is Cc1cc(C(=N)N)ccc1COCCC(C)(C)C. The van der Waals surface area contributed by atoms with Crippen LogP contribution in [0.3, 0.4) is 0 Å². The zero-order valence-corrected chi connectivity index (χ0v) is 11.8. The second-order valence-corrected chi connectivity index (χ2v) is 5.92. The summed E-state index contributed by atoms with van der Waals surface area (Å²) in [5.74, 6) is 0.110.